The molecule has 1 aliphatic heterocycles. The van der Waals surface area contributed by atoms with Gasteiger partial charge in [0.2, 0.25) is 11.7 Å². The van der Waals surface area contributed by atoms with Crippen LogP contribution in [0.2, 0.25) is 0 Å². The van der Waals surface area contributed by atoms with Crippen molar-refractivity contribution in [3.8, 4) is 0 Å². The summed E-state index contributed by atoms with van der Waals surface area (Å²) in [6.45, 7) is 5.49. The van der Waals surface area contributed by atoms with Crippen molar-refractivity contribution in [1.82, 2.24) is 10.1 Å². The zero-order valence-electron chi connectivity index (χ0n) is 10.3. The van der Waals surface area contributed by atoms with E-state index in [1.165, 1.54) is 0 Å². The molecule has 0 amide bonds. The highest BCUT2D eigenvalue weighted by Crippen LogP contribution is 2.27. The Morgan fingerprint density at radius 2 is 2.35 bits per heavy atom. The van der Waals surface area contributed by atoms with Crippen molar-refractivity contribution in [2.75, 3.05) is 24.7 Å². The molecule has 2 N–H and O–H groups in total. The lowest BCUT2D eigenvalue weighted by Gasteiger charge is -2.18. The number of thioether (sulfide) groups is 1. The molecule has 17 heavy (non-hydrogen) atoms. The molecule has 1 aromatic heterocycles. The summed E-state index contributed by atoms with van der Waals surface area (Å²) in [5, 5.41) is 4.01. The van der Waals surface area contributed by atoms with Gasteiger partial charge in [-0.25, -0.2) is 0 Å². The fourth-order valence-electron chi connectivity index (χ4n) is 1.82. The maximum Gasteiger partial charge on any atom is 0.231 e. The maximum atomic E-state index is 5.73. The lowest BCUT2D eigenvalue weighted by molar-refractivity contribution is 0.0677. The summed E-state index contributed by atoms with van der Waals surface area (Å²) in [5.41, 5.74) is 5.73. The topological polar surface area (TPSA) is 74.2 Å². The molecule has 0 spiro atoms. The van der Waals surface area contributed by atoms with Crippen LogP contribution in [0.5, 0.6) is 0 Å². The average molecular weight is 257 g/mol. The lowest BCUT2D eigenvalue weighted by Crippen LogP contribution is -2.19. The second-order valence-corrected chi connectivity index (χ2v) is 5.66. The Kier molecular flexibility index (Phi) is 4.42. The molecule has 2 heterocycles. The van der Waals surface area contributed by atoms with Crippen molar-refractivity contribution >= 4 is 11.8 Å². The van der Waals surface area contributed by atoms with E-state index in [9.17, 15) is 0 Å². The van der Waals surface area contributed by atoms with Crippen molar-refractivity contribution in [1.29, 1.82) is 0 Å². The van der Waals surface area contributed by atoms with Crippen LogP contribution in [0.3, 0.4) is 0 Å². The Balaban J connectivity index is 2.08. The lowest BCUT2D eigenvalue weighted by atomic mass is 9.96. The summed E-state index contributed by atoms with van der Waals surface area (Å²) in [6.07, 6.45) is -0.0307. The van der Waals surface area contributed by atoms with Crippen LogP contribution in [0.1, 0.15) is 37.6 Å². The van der Waals surface area contributed by atoms with E-state index in [4.69, 9.17) is 15.0 Å². The molecule has 0 radical (unpaired) electrons. The Bertz CT molecular complexity index is 350. The van der Waals surface area contributed by atoms with Gasteiger partial charge in [0.1, 0.15) is 6.10 Å². The van der Waals surface area contributed by atoms with Gasteiger partial charge in [0.25, 0.3) is 0 Å². The molecule has 1 aliphatic rings. The smallest absolute Gasteiger partial charge is 0.231 e. The second kappa shape index (κ2) is 5.84. The van der Waals surface area contributed by atoms with Gasteiger partial charge in [-0.05, 0) is 5.92 Å². The molecule has 6 heteroatoms. The summed E-state index contributed by atoms with van der Waals surface area (Å²) in [6, 6.07) is 0. The van der Waals surface area contributed by atoms with Gasteiger partial charge >= 0.3 is 0 Å². The number of hydrogen-bond acceptors (Lipinski definition) is 6. The molecule has 96 valence electrons. The molecular formula is C11H19N3O2S. The Morgan fingerprint density at radius 3 is 2.94 bits per heavy atom. The molecular weight excluding hydrogens is 238 g/mol. The zero-order valence-corrected chi connectivity index (χ0v) is 11.1. The van der Waals surface area contributed by atoms with Gasteiger partial charge in [0.05, 0.1) is 12.5 Å². The van der Waals surface area contributed by atoms with E-state index in [-0.39, 0.29) is 12.0 Å². The molecule has 2 rings (SSSR count). The fourth-order valence-corrected chi connectivity index (χ4v) is 2.66. The maximum absolute atomic E-state index is 5.73. The Hall–Kier alpha value is -0.590. The molecule has 2 atom stereocenters. The van der Waals surface area contributed by atoms with Crippen LogP contribution in [0.15, 0.2) is 4.52 Å². The van der Waals surface area contributed by atoms with E-state index in [1.54, 1.807) is 0 Å². The van der Waals surface area contributed by atoms with Crippen LogP contribution in [0, 0.1) is 5.92 Å². The third-order valence-electron chi connectivity index (χ3n) is 2.94. The van der Waals surface area contributed by atoms with E-state index < -0.39 is 0 Å². The normalized spacial score (nSPS) is 22.9. The largest absolute Gasteiger partial charge is 0.368 e. The summed E-state index contributed by atoms with van der Waals surface area (Å²) in [4.78, 5) is 4.43. The average Bonchev–Trinajstić information content (AvgIpc) is 2.80. The van der Waals surface area contributed by atoms with E-state index in [0.717, 1.165) is 18.1 Å². The van der Waals surface area contributed by atoms with Crippen LogP contribution in [0.4, 0.5) is 0 Å². The zero-order chi connectivity index (χ0) is 12.3. The molecule has 0 aromatic carbocycles. The number of nitrogens with zero attached hydrogens (tertiary/aromatic N) is 2. The first-order chi connectivity index (χ1) is 8.22. The van der Waals surface area contributed by atoms with Gasteiger partial charge in [-0.15, -0.1) is 0 Å². The minimum atomic E-state index is -0.0307. The number of nitrogens with two attached hydrogens (primary N) is 1. The fraction of sp³-hybridized carbons (Fsp3) is 0.818. The molecule has 2 unspecified atom stereocenters. The van der Waals surface area contributed by atoms with Gasteiger partial charge in [-0.1, -0.05) is 19.0 Å². The Morgan fingerprint density at radius 1 is 1.53 bits per heavy atom. The SMILES string of the molecule is CC(C)C(CN)c1nc(C2CSCCO2)no1. The highest BCUT2D eigenvalue weighted by atomic mass is 32.2. The molecule has 1 aromatic rings. The van der Waals surface area contributed by atoms with Gasteiger partial charge in [-0.3, -0.25) is 0 Å². The highest BCUT2D eigenvalue weighted by Gasteiger charge is 2.26. The summed E-state index contributed by atoms with van der Waals surface area (Å²) in [7, 11) is 0. The van der Waals surface area contributed by atoms with Crippen LogP contribution in [-0.2, 0) is 4.74 Å². The van der Waals surface area contributed by atoms with Crippen molar-refractivity contribution in [3.05, 3.63) is 11.7 Å². The molecule has 0 saturated carbocycles. The minimum Gasteiger partial charge on any atom is -0.368 e. The summed E-state index contributed by atoms with van der Waals surface area (Å²) >= 11 is 1.86. The number of hydrogen-bond donors (Lipinski definition) is 1. The first-order valence-electron chi connectivity index (χ1n) is 5.95. The molecule has 0 bridgehead atoms. The quantitative estimate of drug-likeness (QED) is 0.882. The molecule has 1 saturated heterocycles. The van der Waals surface area contributed by atoms with Gasteiger partial charge < -0.3 is 15.0 Å². The van der Waals surface area contributed by atoms with Crippen molar-refractivity contribution in [2.45, 2.75) is 25.9 Å². The predicted octanol–water partition coefficient (Wildman–Crippen LogP) is 1.57. The van der Waals surface area contributed by atoms with E-state index in [2.05, 4.69) is 24.0 Å². The first-order valence-corrected chi connectivity index (χ1v) is 7.10. The number of aromatic nitrogens is 2. The summed E-state index contributed by atoms with van der Waals surface area (Å²) < 4.78 is 10.9. The van der Waals surface area contributed by atoms with Crippen molar-refractivity contribution < 1.29 is 9.26 Å². The second-order valence-electron chi connectivity index (χ2n) is 4.51. The minimum absolute atomic E-state index is 0.0307. The standard InChI is InChI=1S/C11H19N3O2S/c1-7(2)8(5-12)11-13-10(14-16-11)9-6-17-4-3-15-9/h7-9H,3-6,12H2,1-2H3. The number of ether oxygens (including phenoxy) is 1. The predicted molar refractivity (Wildman–Crippen MR) is 66.9 cm³/mol. The van der Waals surface area contributed by atoms with Crippen molar-refractivity contribution in [3.63, 3.8) is 0 Å². The van der Waals surface area contributed by atoms with E-state index in [0.29, 0.717) is 24.2 Å². The van der Waals surface area contributed by atoms with E-state index in [1.807, 2.05) is 11.8 Å². The molecule has 5 nitrogen and oxygen atoms in total. The van der Waals surface area contributed by atoms with Gasteiger partial charge in [0.15, 0.2) is 0 Å². The molecule has 1 fully saturated rings. The first kappa shape index (κ1) is 12.9. The van der Waals surface area contributed by atoms with Crippen molar-refractivity contribution in [2.24, 2.45) is 11.7 Å². The summed E-state index contributed by atoms with van der Waals surface area (Å²) in [5.74, 6) is 3.76. The number of rotatable bonds is 4. The third-order valence-corrected chi connectivity index (χ3v) is 3.93. The third kappa shape index (κ3) is 3.00. The van der Waals surface area contributed by atoms with Crippen LogP contribution in [-0.4, -0.2) is 34.8 Å². The van der Waals surface area contributed by atoms with Crippen LogP contribution in [0.25, 0.3) is 0 Å². The van der Waals surface area contributed by atoms with E-state index >= 15 is 0 Å². The Labute approximate surface area is 105 Å². The monoisotopic (exact) mass is 257 g/mol. The van der Waals surface area contributed by atoms with Crippen LogP contribution >= 0.6 is 11.8 Å². The van der Waals surface area contributed by atoms with Gasteiger partial charge in [-0.2, -0.15) is 16.7 Å². The highest BCUT2D eigenvalue weighted by molar-refractivity contribution is 7.99. The molecule has 0 aliphatic carbocycles. The van der Waals surface area contributed by atoms with Gasteiger partial charge in [0, 0.05) is 18.1 Å². The van der Waals surface area contributed by atoms with Crippen LogP contribution < -0.4 is 5.73 Å².